The van der Waals surface area contributed by atoms with E-state index < -0.39 is 0 Å². The molecule has 5 unspecified atom stereocenters. The van der Waals surface area contributed by atoms with E-state index in [1.165, 1.54) is 44.1 Å². The largest absolute Gasteiger partial charge is 0.300 e. The maximum atomic E-state index is 12.3. The molecule has 1 heteroatoms. The molecule has 3 aliphatic rings. The first kappa shape index (κ1) is 19.2. The van der Waals surface area contributed by atoms with E-state index in [1.54, 1.807) is 11.1 Å². The number of carbonyl (C=O) groups excluding carboxylic acids is 1. The molecule has 0 bridgehead atoms. The molecule has 5 atom stereocenters. The second kappa shape index (κ2) is 7.37. The number of hydrogen-bond acceptors (Lipinski definition) is 1. The molecule has 0 heterocycles. The minimum Gasteiger partial charge on any atom is -0.300 e. The quantitative estimate of drug-likeness (QED) is 0.556. The van der Waals surface area contributed by atoms with Crippen molar-refractivity contribution in [3.63, 3.8) is 0 Å². The Hall–Kier alpha value is -1.11. The van der Waals surface area contributed by atoms with Crippen molar-refractivity contribution in [3.05, 3.63) is 34.9 Å². The third-order valence-electron chi connectivity index (χ3n) is 8.49. The Kier molecular flexibility index (Phi) is 5.25. The van der Waals surface area contributed by atoms with Gasteiger partial charge in [-0.2, -0.15) is 0 Å². The average Bonchev–Trinajstić information content (AvgIpc) is 2.95. The highest BCUT2D eigenvalue weighted by Gasteiger charge is 2.54. The van der Waals surface area contributed by atoms with Crippen molar-refractivity contribution in [1.29, 1.82) is 0 Å². The van der Waals surface area contributed by atoms with Gasteiger partial charge in [0.05, 0.1) is 0 Å². The third-order valence-corrected chi connectivity index (χ3v) is 8.49. The standard InChI is InChI=1S/C26H38O/c1-17(2)15-21(27)9-7-20-8-12-25-24-11-6-19-16-18(3)5-10-22(19)23(24)13-14-26(20,25)4/h5,10,16-17,20,23-25H,6-9,11-15H2,1-4H3. The predicted molar refractivity (Wildman–Crippen MR) is 113 cm³/mol. The van der Waals surface area contributed by atoms with Gasteiger partial charge in [0.1, 0.15) is 5.78 Å². The lowest BCUT2D eigenvalue weighted by Gasteiger charge is -2.51. The number of ketones is 1. The molecule has 27 heavy (non-hydrogen) atoms. The fraction of sp³-hybridized carbons (Fsp3) is 0.731. The summed E-state index contributed by atoms with van der Waals surface area (Å²) >= 11 is 0. The van der Waals surface area contributed by atoms with Crippen molar-refractivity contribution in [2.45, 2.75) is 91.4 Å². The Morgan fingerprint density at radius 1 is 1.19 bits per heavy atom. The molecule has 2 saturated carbocycles. The zero-order valence-electron chi connectivity index (χ0n) is 17.9. The molecular weight excluding hydrogens is 328 g/mol. The summed E-state index contributed by atoms with van der Waals surface area (Å²) in [5.41, 5.74) is 5.21. The molecule has 0 radical (unpaired) electrons. The summed E-state index contributed by atoms with van der Waals surface area (Å²) in [5, 5.41) is 0. The SMILES string of the molecule is Cc1ccc2c(c1)CCC1C2CCC2(C)C(CCC(=O)CC(C)C)CCC12. The predicted octanol–water partition coefficient (Wildman–Crippen LogP) is 6.86. The van der Waals surface area contributed by atoms with E-state index in [2.05, 4.69) is 45.9 Å². The Morgan fingerprint density at radius 2 is 2.00 bits per heavy atom. The van der Waals surface area contributed by atoms with Crippen LogP contribution < -0.4 is 0 Å². The van der Waals surface area contributed by atoms with Crippen molar-refractivity contribution in [2.24, 2.45) is 29.1 Å². The number of benzene rings is 1. The summed E-state index contributed by atoms with van der Waals surface area (Å²) in [4.78, 5) is 12.3. The van der Waals surface area contributed by atoms with Gasteiger partial charge in [0, 0.05) is 12.8 Å². The number of aryl methyl sites for hydroxylation is 2. The van der Waals surface area contributed by atoms with Gasteiger partial charge in [0.25, 0.3) is 0 Å². The molecule has 0 saturated heterocycles. The smallest absolute Gasteiger partial charge is 0.133 e. The van der Waals surface area contributed by atoms with Crippen LogP contribution in [0, 0.1) is 36.0 Å². The molecule has 0 aromatic heterocycles. The van der Waals surface area contributed by atoms with Gasteiger partial charge in [0.15, 0.2) is 0 Å². The molecular formula is C26H38O. The number of Topliss-reactive ketones (excluding diaryl/α,β-unsaturated/α-hetero) is 1. The highest BCUT2D eigenvalue weighted by Crippen LogP contribution is 2.63. The molecule has 2 fully saturated rings. The second-order valence-electron chi connectivity index (χ2n) is 10.6. The van der Waals surface area contributed by atoms with Gasteiger partial charge in [-0.15, -0.1) is 0 Å². The number of rotatable bonds is 5. The molecule has 0 N–H and O–H groups in total. The lowest BCUT2D eigenvalue weighted by Crippen LogP contribution is -2.42. The molecule has 0 spiro atoms. The molecule has 3 aliphatic carbocycles. The first-order chi connectivity index (χ1) is 12.9. The van der Waals surface area contributed by atoms with Crippen LogP contribution >= 0.6 is 0 Å². The minimum absolute atomic E-state index is 0.488. The molecule has 4 rings (SSSR count). The topological polar surface area (TPSA) is 17.1 Å². The fourth-order valence-corrected chi connectivity index (χ4v) is 7.19. The van der Waals surface area contributed by atoms with E-state index in [1.807, 2.05) is 0 Å². The van der Waals surface area contributed by atoms with Gasteiger partial charge in [-0.05, 0) is 98.0 Å². The van der Waals surface area contributed by atoms with Gasteiger partial charge >= 0.3 is 0 Å². The van der Waals surface area contributed by atoms with Crippen LogP contribution in [-0.4, -0.2) is 5.78 Å². The maximum absolute atomic E-state index is 12.3. The molecule has 1 nitrogen and oxygen atoms in total. The van der Waals surface area contributed by atoms with Gasteiger partial charge in [-0.1, -0.05) is 44.5 Å². The summed E-state index contributed by atoms with van der Waals surface area (Å²) in [5.74, 6) is 4.34. The zero-order valence-corrected chi connectivity index (χ0v) is 17.9. The van der Waals surface area contributed by atoms with Crippen LogP contribution in [0.2, 0.25) is 0 Å². The third kappa shape index (κ3) is 3.52. The molecule has 0 amide bonds. The first-order valence-corrected chi connectivity index (χ1v) is 11.5. The van der Waals surface area contributed by atoms with Gasteiger partial charge in [-0.3, -0.25) is 4.79 Å². The summed E-state index contributed by atoms with van der Waals surface area (Å²) < 4.78 is 0. The average molecular weight is 367 g/mol. The van der Waals surface area contributed by atoms with Crippen LogP contribution in [0.5, 0.6) is 0 Å². The van der Waals surface area contributed by atoms with E-state index >= 15 is 0 Å². The van der Waals surface area contributed by atoms with Crippen molar-refractivity contribution in [2.75, 3.05) is 0 Å². The maximum Gasteiger partial charge on any atom is 0.133 e. The minimum atomic E-state index is 0.488. The molecule has 148 valence electrons. The number of fused-ring (bicyclic) bond motifs is 5. The van der Waals surface area contributed by atoms with Gasteiger partial charge in [-0.25, -0.2) is 0 Å². The first-order valence-electron chi connectivity index (χ1n) is 11.5. The van der Waals surface area contributed by atoms with Crippen molar-refractivity contribution in [3.8, 4) is 0 Å². The normalized spacial score (nSPS) is 34.9. The number of hydrogen-bond donors (Lipinski definition) is 0. The molecule has 1 aromatic carbocycles. The molecule has 0 aliphatic heterocycles. The Bertz CT molecular complexity index is 702. The van der Waals surface area contributed by atoms with Crippen LogP contribution in [0.1, 0.15) is 94.7 Å². The van der Waals surface area contributed by atoms with E-state index in [-0.39, 0.29) is 0 Å². The summed E-state index contributed by atoms with van der Waals surface area (Å²) in [7, 11) is 0. The fourth-order valence-electron chi connectivity index (χ4n) is 7.19. The van der Waals surface area contributed by atoms with Crippen molar-refractivity contribution < 1.29 is 4.79 Å². The van der Waals surface area contributed by atoms with E-state index in [0.29, 0.717) is 17.1 Å². The monoisotopic (exact) mass is 366 g/mol. The van der Waals surface area contributed by atoms with Crippen LogP contribution in [-0.2, 0) is 11.2 Å². The van der Waals surface area contributed by atoms with Gasteiger partial charge < -0.3 is 0 Å². The van der Waals surface area contributed by atoms with Crippen LogP contribution in [0.4, 0.5) is 0 Å². The highest BCUT2D eigenvalue weighted by molar-refractivity contribution is 5.78. The van der Waals surface area contributed by atoms with Crippen molar-refractivity contribution >= 4 is 5.78 Å². The lowest BCUT2D eigenvalue weighted by molar-refractivity contribution is -0.120. The summed E-state index contributed by atoms with van der Waals surface area (Å²) in [6.45, 7) is 9.14. The van der Waals surface area contributed by atoms with Crippen LogP contribution in [0.3, 0.4) is 0 Å². The van der Waals surface area contributed by atoms with Crippen molar-refractivity contribution in [1.82, 2.24) is 0 Å². The van der Waals surface area contributed by atoms with E-state index in [9.17, 15) is 4.79 Å². The lowest BCUT2D eigenvalue weighted by atomic mass is 9.54. The Morgan fingerprint density at radius 3 is 2.78 bits per heavy atom. The Labute approximate surface area is 166 Å². The van der Waals surface area contributed by atoms with Crippen LogP contribution in [0.25, 0.3) is 0 Å². The summed E-state index contributed by atoms with van der Waals surface area (Å²) in [6, 6.07) is 7.21. The van der Waals surface area contributed by atoms with Crippen LogP contribution in [0.15, 0.2) is 18.2 Å². The Balaban J connectivity index is 1.47. The number of carbonyl (C=O) groups is 1. The zero-order chi connectivity index (χ0) is 19.2. The molecule has 1 aromatic rings. The summed E-state index contributed by atoms with van der Waals surface area (Å²) in [6.07, 6.45) is 10.9. The van der Waals surface area contributed by atoms with E-state index in [4.69, 9.17) is 0 Å². The highest BCUT2D eigenvalue weighted by atomic mass is 16.1. The van der Waals surface area contributed by atoms with E-state index in [0.717, 1.165) is 42.9 Å². The van der Waals surface area contributed by atoms with Gasteiger partial charge in [0.2, 0.25) is 0 Å². The second-order valence-corrected chi connectivity index (χ2v) is 10.6.